The van der Waals surface area contributed by atoms with Crippen LogP contribution in [0, 0.1) is 6.92 Å². The Bertz CT molecular complexity index is 962. The lowest BCUT2D eigenvalue weighted by molar-refractivity contribution is -0.121. The third kappa shape index (κ3) is 6.05. The maximum Gasteiger partial charge on any atom is 0.259 e. The van der Waals surface area contributed by atoms with Crippen molar-refractivity contribution in [2.45, 2.75) is 37.3 Å². The van der Waals surface area contributed by atoms with Crippen molar-refractivity contribution in [1.82, 2.24) is 24.5 Å². The van der Waals surface area contributed by atoms with Crippen molar-refractivity contribution in [2.24, 2.45) is 7.05 Å². The Kier molecular flexibility index (Phi) is 7.69. The number of nitrogens with one attached hydrogen (secondary N) is 2. The first-order valence-corrected chi connectivity index (χ1v) is 11.9. The number of amides is 1. The van der Waals surface area contributed by atoms with Gasteiger partial charge in [-0.2, -0.15) is 0 Å². The summed E-state index contributed by atoms with van der Waals surface area (Å²) in [5.41, 5.74) is 1.12. The molecule has 3 rings (SSSR count). The summed E-state index contributed by atoms with van der Waals surface area (Å²) in [6.45, 7) is 4.20. The summed E-state index contributed by atoms with van der Waals surface area (Å²) in [5, 5.41) is 2.92. The minimum Gasteiger partial charge on any atom is -0.497 e. The van der Waals surface area contributed by atoms with Gasteiger partial charge in [0.15, 0.2) is 5.03 Å². The molecule has 9 nitrogen and oxygen atoms in total. The van der Waals surface area contributed by atoms with Gasteiger partial charge in [-0.05, 0) is 50.6 Å². The largest absolute Gasteiger partial charge is 0.497 e. The molecule has 0 aliphatic carbocycles. The standard InChI is InChI=1S/C21H31N5O4S/c1-16-24-21(15-25(16)2)31(28,29)23-11-10-20(27)22-14-19(26-12-4-5-13-26)17-6-8-18(30-3)9-7-17/h6-9,15,19,23H,4-5,10-14H2,1-3H3,(H,22,27)/t19-/m1/s1. The predicted octanol–water partition coefficient (Wildman–Crippen LogP) is 1.36. The molecule has 10 heteroatoms. The number of sulfonamides is 1. The van der Waals surface area contributed by atoms with E-state index in [-0.39, 0.29) is 29.9 Å². The third-order valence-electron chi connectivity index (χ3n) is 5.58. The molecule has 1 aromatic carbocycles. The van der Waals surface area contributed by atoms with Gasteiger partial charge in [0.05, 0.1) is 13.2 Å². The summed E-state index contributed by atoms with van der Waals surface area (Å²) >= 11 is 0. The average molecular weight is 450 g/mol. The number of carbonyl (C=O) groups is 1. The highest BCUT2D eigenvalue weighted by molar-refractivity contribution is 7.89. The van der Waals surface area contributed by atoms with Gasteiger partial charge in [0.1, 0.15) is 11.6 Å². The van der Waals surface area contributed by atoms with Gasteiger partial charge in [-0.25, -0.2) is 18.1 Å². The molecule has 170 valence electrons. The molecule has 31 heavy (non-hydrogen) atoms. The number of rotatable bonds is 10. The van der Waals surface area contributed by atoms with Gasteiger partial charge >= 0.3 is 0 Å². The molecular weight excluding hydrogens is 418 g/mol. The zero-order valence-electron chi connectivity index (χ0n) is 18.3. The maximum atomic E-state index is 12.4. The molecule has 1 aromatic heterocycles. The van der Waals surface area contributed by atoms with E-state index < -0.39 is 10.0 Å². The fraction of sp³-hybridized carbons (Fsp3) is 0.524. The number of imidazole rings is 1. The zero-order valence-corrected chi connectivity index (χ0v) is 19.1. The topological polar surface area (TPSA) is 106 Å². The fourth-order valence-corrected chi connectivity index (χ4v) is 4.73. The predicted molar refractivity (Wildman–Crippen MR) is 117 cm³/mol. The number of benzene rings is 1. The van der Waals surface area contributed by atoms with Crippen LogP contribution in [-0.2, 0) is 21.9 Å². The minimum absolute atomic E-state index is 0.0146. The van der Waals surface area contributed by atoms with Crippen LogP contribution in [0.5, 0.6) is 5.75 Å². The van der Waals surface area contributed by atoms with Gasteiger partial charge < -0.3 is 14.6 Å². The van der Waals surface area contributed by atoms with E-state index in [1.165, 1.54) is 6.20 Å². The van der Waals surface area contributed by atoms with Gasteiger partial charge in [0.2, 0.25) is 5.91 Å². The zero-order chi connectivity index (χ0) is 22.4. The Labute approximate surface area is 183 Å². The number of aromatic nitrogens is 2. The van der Waals surface area contributed by atoms with Crippen molar-refractivity contribution < 1.29 is 17.9 Å². The lowest BCUT2D eigenvalue weighted by Gasteiger charge is -2.28. The van der Waals surface area contributed by atoms with Crippen molar-refractivity contribution >= 4 is 15.9 Å². The van der Waals surface area contributed by atoms with Crippen LogP contribution >= 0.6 is 0 Å². The molecule has 1 saturated heterocycles. The van der Waals surface area contributed by atoms with Crippen LogP contribution < -0.4 is 14.8 Å². The Morgan fingerprint density at radius 2 is 1.90 bits per heavy atom. The normalized spacial score (nSPS) is 15.7. The molecule has 0 bridgehead atoms. The smallest absolute Gasteiger partial charge is 0.259 e. The summed E-state index contributed by atoms with van der Waals surface area (Å²) in [6.07, 6.45) is 3.80. The fourth-order valence-electron chi connectivity index (χ4n) is 3.66. The van der Waals surface area contributed by atoms with Crippen molar-refractivity contribution in [1.29, 1.82) is 0 Å². The van der Waals surface area contributed by atoms with Gasteiger partial charge in [0.25, 0.3) is 10.0 Å². The maximum absolute atomic E-state index is 12.4. The highest BCUT2D eigenvalue weighted by atomic mass is 32.2. The second-order valence-corrected chi connectivity index (χ2v) is 9.43. The highest BCUT2D eigenvalue weighted by Crippen LogP contribution is 2.26. The second kappa shape index (κ2) is 10.3. The molecular formula is C21H31N5O4S. The lowest BCUT2D eigenvalue weighted by atomic mass is 10.1. The number of nitrogens with zero attached hydrogens (tertiary/aromatic N) is 3. The third-order valence-corrected chi connectivity index (χ3v) is 6.91. The van der Waals surface area contributed by atoms with Crippen molar-refractivity contribution in [3.63, 3.8) is 0 Å². The molecule has 1 aliphatic heterocycles. The first-order valence-electron chi connectivity index (χ1n) is 10.4. The van der Waals surface area contributed by atoms with Crippen LogP contribution in [-0.4, -0.2) is 62.1 Å². The van der Waals surface area contributed by atoms with E-state index in [4.69, 9.17) is 4.74 Å². The molecule has 1 fully saturated rings. The average Bonchev–Trinajstić information content (AvgIpc) is 3.39. The summed E-state index contributed by atoms with van der Waals surface area (Å²) in [5.74, 6) is 1.20. The molecule has 2 heterocycles. The van der Waals surface area contributed by atoms with E-state index in [2.05, 4.69) is 19.9 Å². The number of hydrogen-bond acceptors (Lipinski definition) is 6. The van der Waals surface area contributed by atoms with Crippen molar-refractivity contribution in [3.05, 3.63) is 41.9 Å². The Morgan fingerprint density at radius 3 is 2.48 bits per heavy atom. The number of methoxy groups -OCH3 is 1. The van der Waals surface area contributed by atoms with Crippen molar-refractivity contribution in [2.75, 3.05) is 33.3 Å². The highest BCUT2D eigenvalue weighted by Gasteiger charge is 2.24. The number of likely N-dealkylation sites (tertiary alicyclic amines) is 1. The molecule has 0 unspecified atom stereocenters. The first-order chi connectivity index (χ1) is 14.8. The Hall–Kier alpha value is -2.43. The van der Waals surface area contributed by atoms with Gasteiger partial charge in [-0.15, -0.1) is 0 Å². The summed E-state index contributed by atoms with van der Waals surface area (Å²) in [4.78, 5) is 18.8. The van der Waals surface area contributed by atoms with Crippen LogP contribution in [0.15, 0.2) is 35.5 Å². The van der Waals surface area contributed by atoms with Crippen LogP contribution in [0.2, 0.25) is 0 Å². The van der Waals surface area contributed by atoms with E-state index in [9.17, 15) is 13.2 Å². The first kappa shape index (κ1) is 23.2. The molecule has 1 atom stereocenters. The van der Waals surface area contributed by atoms with E-state index in [0.717, 1.165) is 37.2 Å². The van der Waals surface area contributed by atoms with E-state index >= 15 is 0 Å². The van der Waals surface area contributed by atoms with Crippen LogP contribution in [0.1, 0.15) is 36.7 Å². The van der Waals surface area contributed by atoms with Crippen molar-refractivity contribution in [3.8, 4) is 5.75 Å². The molecule has 0 saturated carbocycles. The number of carbonyl (C=O) groups excluding carboxylic acids is 1. The Balaban J connectivity index is 1.53. The van der Waals surface area contributed by atoms with Gasteiger partial charge in [-0.3, -0.25) is 9.69 Å². The van der Waals surface area contributed by atoms with Gasteiger partial charge in [-0.1, -0.05) is 12.1 Å². The molecule has 2 N–H and O–H groups in total. The van der Waals surface area contributed by atoms with Crippen LogP contribution in [0.3, 0.4) is 0 Å². The molecule has 0 radical (unpaired) electrons. The molecule has 1 amide bonds. The van der Waals surface area contributed by atoms with Gasteiger partial charge in [0, 0.05) is 32.8 Å². The number of ether oxygens (including phenoxy) is 1. The minimum atomic E-state index is -3.73. The number of hydrogen-bond donors (Lipinski definition) is 2. The van der Waals surface area contributed by atoms with E-state index in [0.29, 0.717) is 12.4 Å². The number of aryl methyl sites for hydroxylation is 2. The SMILES string of the molecule is COc1ccc([C@@H](CNC(=O)CCNS(=O)(=O)c2cn(C)c(C)n2)N2CCCC2)cc1. The lowest BCUT2D eigenvalue weighted by Crippen LogP contribution is -2.38. The summed E-state index contributed by atoms with van der Waals surface area (Å²) in [7, 11) is -0.368. The quantitative estimate of drug-likeness (QED) is 0.567. The molecule has 2 aromatic rings. The molecule has 1 aliphatic rings. The van der Waals surface area contributed by atoms with E-state index in [1.54, 1.807) is 25.6 Å². The second-order valence-electron chi connectivity index (χ2n) is 7.72. The van der Waals surface area contributed by atoms with E-state index in [1.807, 2.05) is 24.3 Å². The summed E-state index contributed by atoms with van der Waals surface area (Å²) < 4.78 is 34.0. The molecule has 0 spiro atoms. The van der Waals surface area contributed by atoms with Crippen LogP contribution in [0.4, 0.5) is 0 Å². The summed E-state index contributed by atoms with van der Waals surface area (Å²) in [6, 6.07) is 7.97. The Morgan fingerprint density at radius 1 is 1.23 bits per heavy atom. The monoisotopic (exact) mass is 449 g/mol. The van der Waals surface area contributed by atoms with Crippen LogP contribution in [0.25, 0.3) is 0 Å².